The lowest BCUT2D eigenvalue weighted by atomic mass is 10.0. The maximum atomic E-state index is 12.0. The van der Waals surface area contributed by atoms with Crippen molar-refractivity contribution in [3.8, 4) is 11.5 Å². The minimum Gasteiger partial charge on any atom is -0.488 e. The normalized spacial score (nSPS) is 12.5. The van der Waals surface area contributed by atoms with E-state index in [0.717, 1.165) is 60.1 Å². The number of fused-ring (bicyclic) bond motifs is 2. The molecule has 0 amide bonds. The van der Waals surface area contributed by atoms with Crippen LogP contribution in [0.4, 0.5) is 0 Å². The van der Waals surface area contributed by atoms with Gasteiger partial charge in [-0.15, -0.1) is 0 Å². The molecule has 0 spiro atoms. The molecule has 3 aromatic rings. The lowest BCUT2D eigenvalue weighted by Crippen LogP contribution is -2.25. The average molecular weight is 581 g/mol. The first-order valence-corrected chi connectivity index (χ1v) is 14.8. The molecule has 0 radical (unpaired) electrons. The van der Waals surface area contributed by atoms with Crippen molar-refractivity contribution in [2.75, 3.05) is 13.2 Å². The van der Waals surface area contributed by atoms with Crippen LogP contribution < -0.4 is 9.47 Å². The Hall–Kier alpha value is -3.51. The van der Waals surface area contributed by atoms with Gasteiger partial charge in [-0.3, -0.25) is 0 Å². The fourth-order valence-electron chi connectivity index (χ4n) is 4.76. The molecule has 41 heavy (non-hydrogen) atoms. The Morgan fingerprint density at radius 1 is 0.732 bits per heavy atom. The predicted octanol–water partition coefficient (Wildman–Crippen LogP) is 8.76. The number of carbonyl (C=O) groups is 2. The Labute approximate surface area is 248 Å². The molecular formula is C34H41ClO6. The van der Waals surface area contributed by atoms with Gasteiger partial charge in [0.05, 0.1) is 0 Å². The summed E-state index contributed by atoms with van der Waals surface area (Å²) in [4.78, 5) is 24.0. The Morgan fingerprint density at radius 2 is 1.20 bits per heavy atom. The van der Waals surface area contributed by atoms with Crippen LogP contribution >= 0.6 is 11.6 Å². The van der Waals surface area contributed by atoms with Crippen molar-refractivity contribution in [2.24, 2.45) is 0 Å². The van der Waals surface area contributed by atoms with Crippen LogP contribution in [0, 0.1) is 0 Å². The quantitative estimate of drug-likeness (QED) is 0.0648. The summed E-state index contributed by atoms with van der Waals surface area (Å²) in [7, 11) is 0. The second-order valence-electron chi connectivity index (χ2n) is 10.0. The van der Waals surface area contributed by atoms with E-state index in [1.807, 2.05) is 42.5 Å². The highest BCUT2D eigenvalue weighted by Crippen LogP contribution is 2.44. The number of unbranched alkanes of at least 4 members (excludes halogenated alkanes) is 4. The van der Waals surface area contributed by atoms with E-state index in [1.165, 1.54) is 12.2 Å². The van der Waals surface area contributed by atoms with E-state index in [0.29, 0.717) is 29.4 Å². The summed E-state index contributed by atoms with van der Waals surface area (Å²) < 4.78 is 24.1. The molecule has 0 fully saturated rings. The van der Waals surface area contributed by atoms with Crippen molar-refractivity contribution in [1.29, 1.82) is 0 Å². The highest BCUT2D eigenvalue weighted by Gasteiger charge is 2.21. The van der Waals surface area contributed by atoms with Crippen LogP contribution in [0.5, 0.6) is 11.5 Å². The van der Waals surface area contributed by atoms with E-state index in [-0.39, 0.29) is 13.2 Å². The van der Waals surface area contributed by atoms with Crippen LogP contribution in [0.2, 0.25) is 5.02 Å². The van der Waals surface area contributed by atoms with Gasteiger partial charge in [0.15, 0.2) is 0 Å². The molecule has 2 unspecified atom stereocenters. The first kappa shape index (κ1) is 32.0. The number of hydrogen-bond acceptors (Lipinski definition) is 6. The van der Waals surface area contributed by atoms with Crippen LogP contribution in [0.25, 0.3) is 21.5 Å². The molecule has 220 valence electrons. The van der Waals surface area contributed by atoms with Gasteiger partial charge in [0.2, 0.25) is 0 Å². The summed E-state index contributed by atoms with van der Waals surface area (Å²) in [5, 5.41) is 3.84. The van der Waals surface area contributed by atoms with Gasteiger partial charge in [-0.05, 0) is 43.9 Å². The zero-order valence-electron chi connectivity index (χ0n) is 24.2. The molecule has 0 aliphatic carbocycles. The summed E-state index contributed by atoms with van der Waals surface area (Å²) in [5.74, 6) is 0.360. The number of hydrogen-bond donors (Lipinski definition) is 0. The van der Waals surface area contributed by atoms with Gasteiger partial charge in [-0.1, -0.05) is 88.6 Å². The highest BCUT2D eigenvalue weighted by atomic mass is 35.5. The van der Waals surface area contributed by atoms with Gasteiger partial charge >= 0.3 is 11.9 Å². The number of rotatable bonds is 18. The first-order chi connectivity index (χ1) is 19.9. The van der Waals surface area contributed by atoms with Gasteiger partial charge in [0, 0.05) is 38.7 Å². The zero-order chi connectivity index (χ0) is 29.6. The van der Waals surface area contributed by atoms with Crippen molar-refractivity contribution >= 4 is 45.1 Å². The van der Waals surface area contributed by atoms with Gasteiger partial charge in [-0.25, -0.2) is 9.59 Å². The van der Waals surface area contributed by atoms with Crippen LogP contribution in [0.1, 0.15) is 65.2 Å². The highest BCUT2D eigenvalue weighted by molar-refractivity contribution is 6.31. The fourth-order valence-corrected chi connectivity index (χ4v) is 4.93. The molecule has 0 bridgehead atoms. The van der Waals surface area contributed by atoms with Crippen molar-refractivity contribution in [3.05, 3.63) is 72.8 Å². The molecule has 0 aliphatic rings. The average Bonchev–Trinajstić information content (AvgIpc) is 2.98. The molecule has 0 saturated heterocycles. The summed E-state index contributed by atoms with van der Waals surface area (Å²) in [6, 6.07) is 13.4. The Bertz CT molecular complexity index is 1330. The topological polar surface area (TPSA) is 71.1 Å². The monoisotopic (exact) mass is 580 g/mol. The number of benzene rings is 3. The first-order valence-electron chi connectivity index (χ1n) is 14.5. The van der Waals surface area contributed by atoms with E-state index >= 15 is 0 Å². The van der Waals surface area contributed by atoms with Gasteiger partial charge < -0.3 is 18.9 Å². The summed E-state index contributed by atoms with van der Waals surface area (Å²) in [6.07, 6.45) is 8.95. The van der Waals surface area contributed by atoms with Gasteiger partial charge in [0.25, 0.3) is 0 Å². The second kappa shape index (κ2) is 16.7. The Balaban J connectivity index is 1.98. The predicted molar refractivity (Wildman–Crippen MR) is 166 cm³/mol. The minimum atomic E-state index is -0.470. The molecule has 3 aromatic carbocycles. The molecule has 2 atom stereocenters. The van der Waals surface area contributed by atoms with Crippen LogP contribution in [0.3, 0.4) is 0 Å². The van der Waals surface area contributed by atoms with Crippen LogP contribution in [-0.4, -0.2) is 37.4 Å². The molecule has 7 heteroatoms. The number of esters is 2. The lowest BCUT2D eigenvalue weighted by Gasteiger charge is -2.22. The molecule has 0 aromatic heterocycles. The summed E-state index contributed by atoms with van der Waals surface area (Å²) in [5.41, 5.74) is 0. The van der Waals surface area contributed by atoms with E-state index in [2.05, 4.69) is 27.0 Å². The van der Waals surface area contributed by atoms with Crippen molar-refractivity contribution in [1.82, 2.24) is 0 Å². The van der Waals surface area contributed by atoms with E-state index in [1.54, 1.807) is 0 Å². The molecular weight excluding hydrogens is 540 g/mol. The molecule has 0 N–H and O–H groups in total. The second-order valence-corrected chi connectivity index (χ2v) is 10.5. The summed E-state index contributed by atoms with van der Waals surface area (Å²) >= 11 is 6.46. The summed E-state index contributed by atoms with van der Waals surface area (Å²) in [6.45, 7) is 11.7. The van der Waals surface area contributed by atoms with Crippen molar-refractivity contribution in [3.63, 3.8) is 0 Å². The van der Waals surface area contributed by atoms with Crippen molar-refractivity contribution < 1.29 is 28.5 Å². The zero-order valence-corrected chi connectivity index (χ0v) is 24.9. The fraction of sp³-hybridized carbons (Fsp3) is 0.412. The molecule has 3 rings (SSSR count). The molecule has 0 saturated carbocycles. The van der Waals surface area contributed by atoms with Gasteiger partial charge in [0.1, 0.15) is 36.9 Å². The third kappa shape index (κ3) is 9.25. The van der Waals surface area contributed by atoms with Crippen molar-refractivity contribution in [2.45, 2.75) is 77.4 Å². The minimum absolute atomic E-state index is 0.187. The Kier molecular flexibility index (Phi) is 13.0. The standard InChI is InChI=1S/C34H41ClO6/c1-5-9-11-15-25(40-31(36)7-3)22-38-33-27-17-13-14-18-28(27)34(30-21-24(35)19-20-29(30)33)39-23-26(16-12-10-6-2)41-32(37)8-4/h7-8,13-14,17-21,25-26H,3-6,9-12,15-16,22-23H2,1-2H3. The van der Waals surface area contributed by atoms with Gasteiger partial charge in [-0.2, -0.15) is 0 Å². The number of carbonyl (C=O) groups excluding carboxylic acids is 2. The smallest absolute Gasteiger partial charge is 0.330 e. The van der Waals surface area contributed by atoms with Crippen LogP contribution in [0.15, 0.2) is 67.8 Å². The third-order valence-corrected chi connectivity index (χ3v) is 7.11. The Morgan fingerprint density at radius 3 is 1.66 bits per heavy atom. The van der Waals surface area contributed by atoms with E-state index < -0.39 is 24.1 Å². The molecule has 0 aliphatic heterocycles. The lowest BCUT2D eigenvalue weighted by molar-refractivity contribution is -0.145. The van der Waals surface area contributed by atoms with E-state index in [9.17, 15) is 9.59 Å². The molecule has 0 heterocycles. The third-order valence-electron chi connectivity index (χ3n) is 6.87. The number of halogens is 1. The van der Waals surface area contributed by atoms with E-state index in [4.69, 9.17) is 30.5 Å². The maximum absolute atomic E-state index is 12.0. The molecule has 6 nitrogen and oxygen atoms in total. The SMILES string of the molecule is C=CC(=O)OC(CCCCC)COc1c2ccccc2c(OCC(CCCCC)OC(=O)C=C)c2cc(Cl)ccc12. The largest absolute Gasteiger partial charge is 0.488 e. The maximum Gasteiger partial charge on any atom is 0.330 e. The number of ether oxygens (including phenoxy) is 4. The van der Waals surface area contributed by atoms with Crippen LogP contribution in [-0.2, 0) is 19.1 Å².